The van der Waals surface area contributed by atoms with Crippen molar-refractivity contribution in [3.63, 3.8) is 0 Å². The number of nitrogens with two attached hydrogens (primary N) is 1. The molecule has 0 atom stereocenters. The molecule has 3 heteroatoms. The summed E-state index contributed by atoms with van der Waals surface area (Å²) in [5.41, 5.74) is 9.01. The number of rotatable bonds is 3. The molecule has 1 aliphatic carbocycles. The van der Waals surface area contributed by atoms with Crippen LogP contribution >= 0.6 is 0 Å². The summed E-state index contributed by atoms with van der Waals surface area (Å²) >= 11 is 0. The van der Waals surface area contributed by atoms with Crippen LogP contribution in [0.4, 0.5) is 0 Å². The molecule has 0 bridgehead atoms. The first-order chi connectivity index (χ1) is 7.47. The van der Waals surface area contributed by atoms with E-state index >= 15 is 0 Å². The summed E-state index contributed by atoms with van der Waals surface area (Å²) < 4.78 is 5.24. The molecule has 0 spiro atoms. The zero-order valence-electron chi connectivity index (χ0n) is 10.1. The van der Waals surface area contributed by atoms with Crippen LogP contribution in [0.25, 0.3) is 0 Å². The highest BCUT2D eigenvalue weighted by Gasteiger charge is 2.39. The third-order valence-corrected chi connectivity index (χ3v) is 3.48. The molecule has 0 amide bonds. The number of ether oxygens (including phenoxy) is 1. The van der Waals surface area contributed by atoms with E-state index < -0.39 is 0 Å². The fourth-order valence-electron chi connectivity index (χ4n) is 2.04. The number of hydrogen-bond acceptors (Lipinski definition) is 3. The van der Waals surface area contributed by atoms with Gasteiger partial charge in [0.25, 0.3) is 0 Å². The monoisotopic (exact) mass is 221 g/mol. The van der Waals surface area contributed by atoms with Crippen LogP contribution in [-0.2, 0) is 6.42 Å². The lowest BCUT2D eigenvalue weighted by Crippen LogP contribution is -2.24. The molecule has 1 aromatic rings. The zero-order chi connectivity index (χ0) is 11.9. The predicted molar refractivity (Wildman–Crippen MR) is 64.0 cm³/mol. The van der Waals surface area contributed by atoms with E-state index in [1.807, 2.05) is 19.9 Å². The number of hydrogen-bond donors (Lipinski definition) is 2. The molecule has 0 saturated heterocycles. The summed E-state index contributed by atoms with van der Waals surface area (Å²) in [5.74, 6) is 0.835. The fraction of sp³-hybridized carbons (Fsp3) is 0.538. The maximum atomic E-state index is 10.1. The van der Waals surface area contributed by atoms with Gasteiger partial charge in [0.05, 0.1) is 7.11 Å². The Kier molecular flexibility index (Phi) is 2.58. The standard InChI is InChI=1S/C13H19NO2/c1-8-6-10(7-13(14)4-5-13)11(15)12(16-3)9(8)2/h6,15H,4-5,7,14H2,1-3H3. The number of aromatic hydroxyl groups is 1. The van der Waals surface area contributed by atoms with Gasteiger partial charge in [-0.2, -0.15) is 0 Å². The third kappa shape index (κ3) is 1.87. The molecule has 0 heterocycles. The van der Waals surface area contributed by atoms with Gasteiger partial charge in [0.2, 0.25) is 0 Å². The Hall–Kier alpha value is -1.22. The lowest BCUT2D eigenvalue weighted by molar-refractivity contribution is 0.366. The van der Waals surface area contributed by atoms with Crippen LogP contribution in [-0.4, -0.2) is 17.8 Å². The van der Waals surface area contributed by atoms with E-state index in [9.17, 15) is 5.11 Å². The second kappa shape index (κ2) is 3.67. The van der Waals surface area contributed by atoms with Crippen LogP contribution in [0.15, 0.2) is 6.07 Å². The molecule has 0 aromatic heterocycles. The summed E-state index contributed by atoms with van der Waals surface area (Å²) in [6, 6.07) is 2.01. The van der Waals surface area contributed by atoms with Crippen LogP contribution in [0.3, 0.4) is 0 Å². The van der Waals surface area contributed by atoms with Crippen molar-refractivity contribution in [1.82, 2.24) is 0 Å². The SMILES string of the molecule is COc1c(C)c(C)cc(CC2(N)CC2)c1O. The molecule has 0 radical (unpaired) electrons. The minimum atomic E-state index is -0.0931. The number of phenolic OH excluding ortho intramolecular Hbond substituents is 1. The molecular weight excluding hydrogens is 202 g/mol. The van der Waals surface area contributed by atoms with Crippen molar-refractivity contribution >= 4 is 0 Å². The number of benzene rings is 1. The normalized spacial score (nSPS) is 17.2. The lowest BCUT2D eigenvalue weighted by Gasteiger charge is -2.16. The van der Waals surface area contributed by atoms with E-state index in [1.165, 1.54) is 0 Å². The van der Waals surface area contributed by atoms with Crippen LogP contribution in [0, 0.1) is 13.8 Å². The van der Waals surface area contributed by atoms with Crippen LogP contribution in [0.2, 0.25) is 0 Å². The first kappa shape index (κ1) is 11.3. The molecule has 88 valence electrons. The molecule has 1 fully saturated rings. The summed E-state index contributed by atoms with van der Waals surface area (Å²) in [4.78, 5) is 0. The lowest BCUT2D eigenvalue weighted by atomic mass is 9.98. The largest absolute Gasteiger partial charge is 0.504 e. The van der Waals surface area contributed by atoms with Crippen LogP contribution < -0.4 is 10.5 Å². The van der Waals surface area contributed by atoms with Gasteiger partial charge in [-0.3, -0.25) is 0 Å². The minimum absolute atomic E-state index is 0.0931. The van der Waals surface area contributed by atoms with Gasteiger partial charge in [-0.15, -0.1) is 0 Å². The van der Waals surface area contributed by atoms with E-state index in [0.717, 1.165) is 36.0 Å². The molecule has 0 unspecified atom stereocenters. The highest BCUT2D eigenvalue weighted by molar-refractivity contribution is 5.54. The van der Waals surface area contributed by atoms with Crippen molar-refractivity contribution in [1.29, 1.82) is 0 Å². The van der Waals surface area contributed by atoms with Gasteiger partial charge < -0.3 is 15.6 Å². The van der Waals surface area contributed by atoms with Gasteiger partial charge >= 0.3 is 0 Å². The van der Waals surface area contributed by atoms with Crippen molar-refractivity contribution < 1.29 is 9.84 Å². The van der Waals surface area contributed by atoms with E-state index in [0.29, 0.717) is 5.75 Å². The summed E-state index contributed by atoms with van der Waals surface area (Å²) in [6.45, 7) is 3.98. The summed E-state index contributed by atoms with van der Waals surface area (Å²) in [6.07, 6.45) is 2.82. The number of methoxy groups -OCH3 is 1. The summed E-state index contributed by atoms with van der Waals surface area (Å²) in [7, 11) is 1.58. The first-order valence-electron chi connectivity index (χ1n) is 5.62. The Morgan fingerprint density at radius 1 is 1.44 bits per heavy atom. The molecule has 16 heavy (non-hydrogen) atoms. The topological polar surface area (TPSA) is 55.5 Å². The van der Waals surface area contributed by atoms with Gasteiger partial charge in [-0.1, -0.05) is 6.07 Å². The van der Waals surface area contributed by atoms with Gasteiger partial charge in [0.1, 0.15) is 0 Å². The third-order valence-electron chi connectivity index (χ3n) is 3.48. The smallest absolute Gasteiger partial charge is 0.163 e. The maximum Gasteiger partial charge on any atom is 0.163 e. The predicted octanol–water partition coefficient (Wildman–Crippen LogP) is 2.05. The average Bonchev–Trinajstić information content (AvgIpc) is 2.94. The second-order valence-corrected chi connectivity index (χ2v) is 4.90. The van der Waals surface area contributed by atoms with Crippen molar-refractivity contribution in [3.8, 4) is 11.5 Å². The van der Waals surface area contributed by atoms with Crippen LogP contribution in [0.5, 0.6) is 11.5 Å². The molecule has 1 aromatic carbocycles. The number of phenols is 1. The van der Waals surface area contributed by atoms with E-state index in [-0.39, 0.29) is 11.3 Å². The van der Waals surface area contributed by atoms with Gasteiger partial charge in [0.15, 0.2) is 11.5 Å². The Balaban J connectivity index is 2.41. The van der Waals surface area contributed by atoms with Gasteiger partial charge in [-0.25, -0.2) is 0 Å². The summed E-state index contributed by atoms with van der Waals surface area (Å²) in [5, 5.41) is 10.1. The van der Waals surface area contributed by atoms with E-state index in [4.69, 9.17) is 10.5 Å². The number of aryl methyl sites for hydroxylation is 1. The Bertz CT molecular complexity index is 422. The van der Waals surface area contributed by atoms with Gasteiger partial charge in [0, 0.05) is 5.54 Å². The van der Waals surface area contributed by atoms with E-state index in [1.54, 1.807) is 7.11 Å². The average molecular weight is 221 g/mol. The maximum absolute atomic E-state index is 10.1. The van der Waals surface area contributed by atoms with E-state index in [2.05, 4.69) is 0 Å². The van der Waals surface area contributed by atoms with Crippen LogP contribution in [0.1, 0.15) is 29.5 Å². The molecule has 3 N–H and O–H groups in total. The second-order valence-electron chi connectivity index (χ2n) is 4.90. The van der Waals surface area contributed by atoms with Gasteiger partial charge in [-0.05, 0) is 49.8 Å². The molecule has 2 rings (SSSR count). The molecule has 1 aliphatic rings. The first-order valence-corrected chi connectivity index (χ1v) is 5.62. The minimum Gasteiger partial charge on any atom is -0.504 e. The van der Waals surface area contributed by atoms with Crippen molar-refractivity contribution in [2.75, 3.05) is 7.11 Å². The highest BCUT2D eigenvalue weighted by atomic mass is 16.5. The highest BCUT2D eigenvalue weighted by Crippen LogP contribution is 2.42. The van der Waals surface area contributed by atoms with Crippen molar-refractivity contribution in [3.05, 3.63) is 22.8 Å². The quantitative estimate of drug-likeness (QED) is 0.821. The molecule has 1 saturated carbocycles. The Morgan fingerprint density at radius 2 is 2.06 bits per heavy atom. The molecule has 0 aliphatic heterocycles. The molecule has 3 nitrogen and oxygen atoms in total. The Morgan fingerprint density at radius 3 is 2.56 bits per heavy atom. The van der Waals surface area contributed by atoms with Crippen molar-refractivity contribution in [2.45, 2.75) is 38.6 Å². The zero-order valence-corrected chi connectivity index (χ0v) is 10.1. The van der Waals surface area contributed by atoms with Crippen molar-refractivity contribution in [2.24, 2.45) is 5.73 Å². The Labute approximate surface area is 96.2 Å². The molecular formula is C13H19NO2. The fourth-order valence-corrected chi connectivity index (χ4v) is 2.04.